The van der Waals surface area contributed by atoms with Gasteiger partial charge in [-0.3, -0.25) is 9.59 Å². The van der Waals surface area contributed by atoms with E-state index in [0.29, 0.717) is 31.2 Å². The van der Waals surface area contributed by atoms with Crippen LogP contribution >= 0.6 is 0 Å². The molecule has 1 aromatic carbocycles. The second-order valence-corrected chi connectivity index (χ2v) is 7.96. The van der Waals surface area contributed by atoms with Gasteiger partial charge in [0.05, 0.1) is 18.2 Å². The fraction of sp³-hybridized carbons (Fsp3) is 0.545. The summed E-state index contributed by atoms with van der Waals surface area (Å²) in [6.07, 6.45) is 1.04. The first-order chi connectivity index (χ1) is 12.8. The summed E-state index contributed by atoms with van der Waals surface area (Å²) < 4.78 is 5.81. The number of carbonyl (C=O) groups is 2. The van der Waals surface area contributed by atoms with E-state index in [-0.39, 0.29) is 17.3 Å². The van der Waals surface area contributed by atoms with E-state index in [0.717, 1.165) is 12.0 Å². The molecule has 1 heterocycles. The van der Waals surface area contributed by atoms with Gasteiger partial charge in [0.25, 0.3) is 5.91 Å². The zero-order valence-corrected chi connectivity index (χ0v) is 17.0. The Bertz CT molecular complexity index is 721. The van der Waals surface area contributed by atoms with Gasteiger partial charge in [-0.15, -0.1) is 0 Å². The summed E-state index contributed by atoms with van der Waals surface area (Å²) in [5, 5.41) is 10.5. The van der Waals surface area contributed by atoms with E-state index in [2.05, 4.69) is 13.8 Å². The highest BCUT2D eigenvalue weighted by atomic mass is 16.5. The molecule has 0 aliphatic carbocycles. The minimum Gasteiger partial charge on any atom is -0.503 e. The molecule has 0 fully saturated rings. The molecule has 0 spiro atoms. The van der Waals surface area contributed by atoms with Crippen LogP contribution in [0.1, 0.15) is 59.1 Å². The van der Waals surface area contributed by atoms with Crippen LogP contribution in [-0.4, -0.2) is 34.8 Å². The predicted molar refractivity (Wildman–Crippen MR) is 106 cm³/mol. The maximum absolute atomic E-state index is 12.8. The Hall–Kier alpha value is -2.30. The number of Topliss-reactive ketones (excluding diaryl/α,β-unsaturated/α-hetero) is 1. The van der Waals surface area contributed by atoms with E-state index in [9.17, 15) is 14.7 Å². The Morgan fingerprint density at radius 1 is 1.22 bits per heavy atom. The number of hydrogen-bond acceptors (Lipinski definition) is 4. The number of rotatable bonds is 9. The largest absolute Gasteiger partial charge is 0.503 e. The fourth-order valence-electron chi connectivity index (χ4n) is 3.27. The SMILES string of the molecule is CCCN1C(=O)C(O)=C(C(=O)CC(C)C)C1c1cccc(OCC(C)C)c1. The van der Waals surface area contributed by atoms with Crippen molar-refractivity contribution in [3.63, 3.8) is 0 Å². The third kappa shape index (κ3) is 4.90. The van der Waals surface area contributed by atoms with Crippen molar-refractivity contribution in [3.8, 4) is 5.75 Å². The van der Waals surface area contributed by atoms with Gasteiger partial charge in [-0.25, -0.2) is 0 Å². The van der Waals surface area contributed by atoms with Crippen LogP contribution in [0.15, 0.2) is 35.6 Å². The van der Waals surface area contributed by atoms with Gasteiger partial charge in [0.15, 0.2) is 11.5 Å². The highest BCUT2D eigenvalue weighted by Gasteiger charge is 2.42. The van der Waals surface area contributed by atoms with Gasteiger partial charge in [-0.05, 0) is 36.0 Å². The first-order valence-corrected chi connectivity index (χ1v) is 9.76. The normalized spacial score (nSPS) is 17.4. The molecule has 148 valence electrons. The van der Waals surface area contributed by atoms with Gasteiger partial charge in [-0.2, -0.15) is 0 Å². The molecule has 0 saturated carbocycles. The zero-order chi connectivity index (χ0) is 20.1. The van der Waals surface area contributed by atoms with Crippen LogP contribution in [0.2, 0.25) is 0 Å². The summed E-state index contributed by atoms with van der Waals surface area (Å²) >= 11 is 0. The number of amides is 1. The Morgan fingerprint density at radius 3 is 2.52 bits per heavy atom. The van der Waals surface area contributed by atoms with Gasteiger partial charge < -0.3 is 14.7 Å². The third-order valence-electron chi connectivity index (χ3n) is 4.42. The molecule has 1 amide bonds. The molecular formula is C22H31NO4. The van der Waals surface area contributed by atoms with Gasteiger partial charge in [0.1, 0.15) is 5.75 Å². The fourth-order valence-corrected chi connectivity index (χ4v) is 3.27. The van der Waals surface area contributed by atoms with Crippen molar-refractivity contribution in [3.05, 3.63) is 41.2 Å². The molecule has 27 heavy (non-hydrogen) atoms. The van der Waals surface area contributed by atoms with E-state index in [1.165, 1.54) is 0 Å². The Morgan fingerprint density at radius 2 is 1.93 bits per heavy atom. The average molecular weight is 373 g/mol. The maximum atomic E-state index is 12.8. The monoisotopic (exact) mass is 373 g/mol. The molecule has 1 atom stereocenters. The number of hydrogen-bond donors (Lipinski definition) is 1. The lowest BCUT2D eigenvalue weighted by Crippen LogP contribution is -2.32. The van der Waals surface area contributed by atoms with Crippen molar-refractivity contribution in [1.29, 1.82) is 0 Å². The average Bonchev–Trinajstić information content (AvgIpc) is 2.85. The summed E-state index contributed by atoms with van der Waals surface area (Å²) in [4.78, 5) is 27.0. The summed E-state index contributed by atoms with van der Waals surface area (Å²) in [5.41, 5.74) is 0.998. The molecular weight excluding hydrogens is 342 g/mol. The summed E-state index contributed by atoms with van der Waals surface area (Å²) in [6.45, 7) is 11.1. The molecule has 0 aromatic heterocycles. The summed E-state index contributed by atoms with van der Waals surface area (Å²) in [5.74, 6) is 0.190. The van der Waals surface area contributed by atoms with Crippen LogP contribution in [0.3, 0.4) is 0 Å². The molecule has 0 saturated heterocycles. The van der Waals surface area contributed by atoms with Gasteiger partial charge in [-0.1, -0.05) is 46.8 Å². The number of ether oxygens (including phenoxy) is 1. The molecule has 5 nitrogen and oxygen atoms in total. The number of aliphatic hydroxyl groups is 1. The molecule has 1 unspecified atom stereocenters. The Labute approximate surface area is 162 Å². The maximum Gasteiger partial charge on any atom is 0.290 e. The highest BCUT2D eigenvalue weighted by molar-refractivity contribution is 6.09. The summed E-state index contributed by atoms with van der Waals surface area (Å²) in [6, 6.07) is 6.91. The van der Waals surface area contributed by atoms with Gasteiger partial charge >= 0.3 is 0 Å². The van der Waals surface area contributed by atoms with E-state index >= 15 is 0 Å². The quantitative estimate of drug-likeness (QED) is 0.695. The van der Waals surface area contributed by atoms with E-state index in [4.69, 9.17) is 4.74 Å². The van der Waals surface area contributed by atoms with Crippen molar-refractivity contribution in [1.82, 2.24) is 4.90 Å². The van der Waals surface area contributed by atoms with E-state index in [1.807, 2.05) is 45.0 Å². The number of benzene rings is 1. The first-order valence-electron chi connectivity index (χ1n) is 9.76. The number of aliphatic hydroxyl groups excluding tert-OH is 1. The zero-order valence-electron chi connectivity index (χ0n) is 17.0. The Kier molecular flexibility index (Phi) is 7.05. The lowest BCUT2D eigenvalue weighted by atomic mass is 9.92. The lowest BCUT2D eigenvalue weighted by molar-refractivity contribution is -0.129. The van der Waals surface area contributed by atoms with Gasteiger partial charge in [0, 0.05) is 13.0 Å². The van der Waals surface area contributed by atoms with Crippen LogP contribution < -0.4 is 4.74 Å². The van der Waals surface area contributed by atoms with Crippen LogP contribution in [0.4, 0.5) is 0 Å². The molecule has 0 bridgehead atoms. The molecule has 1 aromatic rings. The topological polar surface area (TPSA) is 66.8 Å². The number of carbonyl (C=O) groups excluding carboxylic acids is 2. The van der Waals surface area contributed by atoms with E-state index < -0.39 is 17.7 Å². The first kappa shape index (κ1) is 21.0. The third-order valence-corrected chi connectivity index (χ3v) is 4.42. The van der Waals surface area contributed by atoms with Crippen LogP contribution in [-0.2, 0) is 9.59 Å². The molecule has 2 rings (SSSR count). The highest BCUT2D eigenvalue weighted by Crippen LogP contribution is 2.39. The van der Waals surface area contributed by atoms with Crippen LogP contribution in [0.25, 0.3) is 0 Å². The predicted octanol–water partition coefficient (Wildman–Crippen LogP) is 4.44. The second kappa shape index (κ2) is 9.07. The molecule has 5 heteroatoms. The van der Waals surface area contributed by atoms with Crippen LogP contribution in [0, 0.1) is 11.8 Å². The van der Waals surface area contributed by atoms with Crippen molar-refractivity contribution < 1.29 is 19.4 Å². The minimum absolute atomic E-state index is 0.148. The summed E-state index contributed by atoms with van der Waals surface area (Å²) in [7, 11) is 0. The lowest BCUT2D eigenvalue weighted by Gasteiger charge is -2.27. The Balaban J connectivity index is 2.43. The van der Waals surface area contributed by atoms with Crippen molar-refractivity contribution in [2.75, 3.05) is 13.2 Å². The van der Waals surface area contributed by atoms with Crippen molar-refractivity contribution in [2.24, 2.45) is 11.8 Å². The molecule has 1 N–H and O–H groups in total. The second-order valence-electron chi connectivity index (χ2n) is 7.96. The molecule has 0 radical (unpaired) electrons. The minimum atomic E-state index is -0.564. The molecule has 1 aliphatic rings. The van der Waals surface area contributed by atoms with Crippen molar-refractivity contribution in [2.45, 2.75) is 53.5 Å². The van der Waals surface area contributed by atoms with Gasteiger partial charge in [0.2, 0.25) is 0 Å². The standard InChI is InChI=1S/C22H31NO4/c1-6-10-23-20(16-8-7-9-17(12-16)27-13-15(4)5)19(21(25)22(23)26)18(24)11-14(2)3/h7-9,12,14-15,20,25H,6,10-11,13H2,1-5H3. The number of ketones is 1. The van der Waals surface area contributed by atoms with Crippen molar-refractivity contribution >= 4 is 11.7 Å². The van der Waals surface area contributed by atoms with E-state index in [1.54, 1.807) is 4.90 Å². The number of nitrogens with zero attached hydrogens (tertiary/aromatic N) is 1. The smallest absolute Gasteiger partial charge is 0.290 e. The molecule has 1 aliphatic heterocycles. The van der Waals surface area contributed by atoms with Crippen LogP contribution in [0.5, 0.6) is 5.75 Å².